The molecule has 1 aliphatic rings. The van der Waals surface area contributed by atoms with Crippen LogP contribution in [-0.4, -0.2) is 25.7 Å². The van der Waals surface area contributed by atoms with Crippen LogP contribution >= 0.6 is 12.4 Å². The van der Waals surface area contributed by atoms with Gasteiger partial charge in [0.2, 0.25) is 0 Å². The zero-order chi connectivity index (χ0) is 7.40. The van der Waals surface area contributed by atoms with E-state index in [1.54, 1.807) is 0 Å². The predicted octanol–water partition coefficient (Wildman–Crippen LogP) is 1.02. The summed E-state index contributed by atoms with van der Waals surface area (Å²) in [5, 5.41) is 6.80. The quantitative estimate of drug-likeness (QED) is 0.675. The SMILES string of the molecule is CC(C)NCC1CCNC1.Cl. The van der Waals surface area contributed by atoms with Crippen molar-refractivity contribution in [2.24, 2.45) is 5.92 Å². The second-order valence-electron chi connectivity index (χ2n) is 3.42. The standard InChI is InChI=1S/C8H18N2.ClH/c1-7(2)10-6-8-3-4-9-5-8;/h7-10H,3-6H2,1-2H3;1H. The zero-order valence-electron chi connectivity index (χ0n) is 7.39. The lowest BCUT2D eigenvalue weighted by Gasteiger charge is -2.11. The number of halogens is 1. The molecule has 2 N–H and O–H groups in total. The molecular formula is C8H19ClN2. The average molecular weight is 179 g/mol. The topological polar surface area (TPSA) is 24.1 Å². The van der Waals surface area contributed by atoms with Crippen LogP contribution < -0.4 is 10.6 Å². The Morgan fingerprint density at radius 2 is 2.27 bits per heavy atom. The Morgan fingerprint density at radius 1 is 1.55 bits per heavy atom. The normalized spacial score (nSPS) is 23.7. The van der Waals surface area contributed by atoms with Crippen molar-refractivity contribution in [3.8, 4) is 0 Å². The van der Waals surface area contributed by atoms with Crippen LogP contribution in [0.1, 0.15) is 20.3 Å². The summed E-state index contributed by atoms with van der Waals surface area (Å²) in [6.07, 6.45) is 1.35. The van der Waals surface area contributed by atoms with Crippen LogP contribution in [0.3, 0.4) is 0 Å². The summed E-state index contributed by atoms with van der Waals surface area (Å²) in [6.45, 7) is 8.00. The summed E-state index contributed by atoms with van der Waals surface area (Å²) in [7, 11) is 0. The first-order valence-corrected chi connectivity index (χ1v) is 4.23. The van der Waals surface area contributed by atoms with Crippen molar-refractivity contribution in [2.45, 2.75) is 26.3 Å². The lowest BCUT2D eigenvalue weighted by molar-refractivity contribution is 0.477. The maximum atomic E-state index is 3.45. The van der Waals surface area contributed by atoms with Crippen LogP contribution in [0, 0.1) is 5.92 Å². The minimum absolute atomic E-state index is 0. The molecule has 1 unspecified atom stereocenters. The van der Waals surface area contributed by atoms with E-state index in [4.69, 9.17) is 0 Å². The highest BCUT2D eigenvalue weighted by Gasteiger charge is 2.13. The first-order chi connectivity index (χ1) is 4.79. The summed E-state index contributed by atoms with van der Waals surface area (Å²) in [4.78, 5) is 0. The van der Waals surface area contributed by atoms with Gasteiger partial charge in [-0.15, -0.1) is 12.4 Å². The van der Waals surface area contributed by atoms with Crippen molar-refractivity contribution in [3.05, 3.63) is 0 Å². The molecule has 0 aromatic heterocycles. The molecule has 3 heteroatoms. The first kappa shape index (κ1) is 11.2. The molecule has 0 aromatic carbocycles. The molecule has 1 atom stereocenters. The van der Waals surface area contributed by atoms with Crippen LogP contribution in [0.5, 0.6) is 0 Å². The molecule has 1 rings (SSSR count). The molecule has 0 spiro atoms. The second-order valence-corrected chi connectivity index (χ2v) is 3.42. The fourth-order valence-electron chi connectivity index (χ4n) is 1.29. The van der Waals surface area contributed by atoms with Crippen molar-refractivity contribution in [1.29, 1.82) is 0 Å². The maximum Gasteiger partial charge on any atom is 0.00105 e. The highest BCUT2D eigenvalue weighted by molar-refractivity contribution is 5.85. The smallest absolute Gasteiger partial charge is 0.00105 e. The molecule has 2 nitrogen and oxygen atoms in total. The summed E-state index contributed by atoms with van der Waals surface area (Å²) in [5.41, 5.74) is 0. The first-order valence-electron chi connectivity index (χ1n) is 4.23. The summed E-state index contributed by atoms with van der Waals surface area (Å²) < 4.78 is 0. The van der Waals surface area contributed by atoms with Crippen LogP contribution in [-0.2, 0) is 0 Å². The minimum Gasteiger partial charge on any atom is -0.316 e. The summed E-state index contributed by atoms with van der Waals surface area (Å²) in [6, 6.07) is 0.639. The van der Waals surface area contributed by atoms with Gasteiger partial charge in [0, 0.05) is 6.04 Å². The molecule has 1 heterocycles. The van der Waals surface area contributed by atoms with Gasteiger partial charge in [-0.05, 0) is 32.0 Å². The Labute approximate surface area is 75.5 Å². The molecule has 0 bridgehead atoms. The monoisotopic (exact) mass is 178 g/mol. The Kier molecular flexibility index (Phi) is 5.92. The second kappa shape index (κ2) is 5.81. The third-order valence-electron chi connectivity index (χ3n) is 1.98. The molecule has 68 valence electrons. The van der Waals surface area contributed by atoms with Gasteiger partial charge in [0.15, 0.2) is 0 Å². The molecule has 1 fully saturated rings. The Balaban J connectivity index is 0.000001000. The molecule has 0 radical (unpaired) electrons. The van der Waals surface area contributed by atoms with Gasteiger partial charge >= 0.3 is 0 Å². The van der Waals surface area contributed by atoms with Crippen molar-refractivity contribution in [3.63, 3.8) is 0 Å². The van der Waals surface area contributed by atoms with E-state index in [0.29, 0.717) is 6.04 Å². The number of nitrogens with one attached hydrogen (secondary N) is 2. The molecular weight excluding hydrogens is 160 g/mol. The van der Waals surface area contributed by atoms with Crippen LogP contribution in [0.25, 0.3) is 0 Å². The molecule has 0 aliphatic carbocycles. The van der Waals surface area contributed by atoms with E-state index in [2.05, 4.69) is 24.5 Å². The number of hydrogen-bond donors (Lipinski definition) is 2. The lowest BCUT2D eigenvalue weighted by atomic mass is 10.1. The van der Waals surface area contributed by atoms with Gasteiger partial charge in [-0.1, -0.05) is 13.8 Å². The van der Waals surface area contributed by atoms with E-state index >= 15 is 0 Å². The minimum atomic E-state index is 0. The van der Waals surface area contributed by atoms with Crippen molar-refractivity contribution >= 4 is 12.4 Å². The van der Waals surface area contributed by atoms with Crippen molar-refractivity contribution in [2.75, 3.05) is 19.6 Å². The molecule has 0 aromatic rings. The van der Waals surface area contributed by atoms with Crippen LogP contribution in [0.4, 0.5) is 0 Å². The molecule has 0 amide bonds. The third-order valence-corrected chi connectivity index (χ3v) is 1.98. The Bertz CT molecular complexity index is 90.1. The molecule has 11 heavy (non-hydrogen) atoms. The van der Waals surface area contributed by atoms with Gasteiger partial charge in [-0.3, -0.25) is 0 Å². The van der Waals surface area contributed by atoms with Crippen molar-refractivity contribution in [1.82, 2.24) is 10.6 Å². The highest BCUT2D eigenvalue weighted by Crippen LogP contribution is 2.05. The fourth-order valence-corrected chi connectivity index (χ4v) is 1.29. The van der Waals surface area contributed by atoms with Crippen molar-refractivity contribution < 1.29 is 0 Å². The molecule has 1 saturated heterocycles. The molecule has 0 saturated carbocycles. The fraction of sp³-hybridized carbons (Fsp3) is 1.00. The maximum absolute atomic E-state index is 3.45. The van der Waals surface area contributed by atoms with Gasteiger partial charge in [-0.25, -0.2) is 0 Å². The van der Waals surface area contributed by atoms with E-state index in [-0.39, 0.29) is 12.4 Å². The predicted molar refractivity (Wildman–Crippen MR) is 51.4 cm³/mol. The zero-order valence-corrected chi connectivity index (χ0v) is 8.21. The Morgan fingerprint density at radius 3 is 2.73 bits per heavy atom. The largest absolute Gasteiger partial charge is 0.316 e. The van der Waals surface area contributed by atoms with Gasteiger partial charge in [0.25, 0.3) is 0 Å². The van der Waals surface area contributed by atoms with Crippen LogP contribution in [0.2, 0.25) is 0 Å². The van der Waals surface area contributed by atoms with E-state index in [0.717, 1.165) is 5.92 Å². The van der Waals surface area contributed by atoms with E-state index in [1.807, 2.05) is 0 Å². The van der Waals surface area contributed by atoms with Gasteiger partial charge in [0.1, 0.15) is 0 Å². The van der Waals surface area contributed by atoms with E-state index in [9.17, 15) is 0 Å². The van der Waals surface area contributed by atoms with E-state index < -0.39 is 0 Å². The number of hydrogen-bond acceptors (Lipinski definition) is 2. The lowest BCUT2D eigenvalue weighted by Crippen LogP contribution is -2.29. The summed E-state index contributed by atoms with van der Waals surface area (Å²) >= 11 is 0. The molecule has 1 aliphatic heterocycles. The van der Waals surface area contributed by atoms with Gasteiger partial charge < -0.3 is 10.6 Å². The highest BCUT2D eigenvalue weighted by atomic mass is 35.5. The van der Waals surface area contributed by atoms with E-state index in [1.165, 1.54) is 26.1 Å². The van der Waals surface area contributed by atoms with Crippen LogP contribution in [0.15, 0.2) is 0 Å². The Hall–Kier alpha value is 0.210. The van der Waals surface area contributed by atoms with Gasteiger partial charge in [-0.2, -0.15) is 0 Å². The summed E-state index contributed by atoms with van der Waals surface area (Å²) in [5.74, 6) is 0.877. The van der Waals surface area contributed by atoms with Gasteiger partial charge in [0.05, 0.1) is 0 Å². The third kappa shape index (κ3) is 4.62. The average Bonchev–Trinajstić information content (AvgIpc) is 2.34. The number of rotatable bonds is 3.